The molecule has 2 aromatic heterocycles. The van der Waals surface area contributed by atoms with Crippen LogP contribution in [0.1, 0.15) is 4.88 Å². The number of nitrogens with zero attached hydrogens (tertiary/aromatic N) is 4. The highest BCUT2D eigenvalue weighted by atomic mass is 79.9. The largest absolute Gasteiger partial charge is 0.404 e. The molecule has 0 radical (unpaired) electrons. The molecule has 0 unspecified atom stereocenters. The highest BCUT2D eigenvalue weighted by Gasteiger charge is 2.18. The maximum absolute atomic E-state index is 10.5. The van der Waals surface area contributed by atoms with Crippen LogP contribution in [0.25, 0.3) is 0 Å². The van der Waals surface area contributed by atoms with E-state index >= 15 is 0 Å². The first-order chi connectivity index (χ1) is 7.16. The van der Waals surface area contributed by atoms with E-state index in [1.165, 1.54) is 16.0 Å². The van der Waals surface area contributed by atoms with Crippen molar-refractivity contribution in [2.24, 2.45) is 0 Å². The van der Waals surface area contributed by atoms with Gasteiger partial charge in [0.2, 0.25) is 0 Å². The van der Waals surface area contributed by atoms with E-state index in [-0.39, 0.29) is 5.82 Å². The molecule has 0 atom stereocenters. The molecule has 2 heterocycles. The SMILES string of the molecule is O=[N+]([O-])c1nn(Cc2cncs2)cc1Br. The van der Waals surface area contributed by atoms with Crippen LogP contribution in [0, 0.1) is 10.1 Å². The summed E-state index contributed by atoms with van der Waals surface area (Å²) < 4.78 is 1.90. The molecule has 0 aromatic carbocycles. The van der Waals surface area contributed by atoms with Crippen LogP contribution in [0.4, 0.5) is 5.82 Å². The Hall–Kier alpha value is -1.28. The number of rotatable bonds is 3. The third-order valence-corrected chi connectivity index (χ3v) is 3.00. The van der Waals surface area contributed by atoms with Crippen LogP contribution in [0.5, 0.6) is 0 Å². The van der Waals surface area contributed by atoms with Gasteiger partial charge in [-0.25, -0.2) is 0 Å². The molecule has 0 aliphatic rings. The third kappa shape index (κ3) is 2.21. The maximum atomic E-state index is 10.5. The topological polar surface area (TPSA) is 73.8 Å². The van der Waals surface area contributed by atoms with Crippen molar-refractivity contribution < 1.29 is 4.92 Å². The Kier molecular flexibility index (Phi) is 2.78. The molecule has 0 aliphatic carbocycles. The molecule has 0 N–H and O–H groups in total. The smallest absolute Gasteiger partial charge is 0.358 e. The molecule has 0 bridgehead atoms. The number of nitro groups is 1. The number of aromatic nitrogens is 3. The monoisotopic (exact) mass is 288 g/mol. The average Bonchev–Trinajstić information content (AvgIpc) is 2.75. The van der Waals surface area contributed by atoms with Crippen molar-refractivity contribution in [3.05, 3.63) is 37.4 Å². The first-order valence-corrected chi connectivity index (χ1v) is 5.59. The second-order valence-electron chi connectivity index (χ2n) is 2.72. The Balaban J connectivity index is 2.23. The highest BCUT2D eigenvalue weighted by Crippen LogP contribution is 2.22. The van der Waals surface area contributed by atoms with E-state index in [0.717, 1.165) is 4.88 Å². The normalized spacial score (nSPS) is 10.5. The first-order valence-electron chi connectivity index (χ1n) is 3.91. The van der Waals surface area contributed by atoms with Crippen LogP contribution in [0.15, 0.2) is 22.4 Å². The zero-order valence-electron chi connectivity index (χ0n) is 7.33. The van der Waals surface area contributed by atoms with Crippen molar-refractivity contribution in [2.45, 2.75) is 6.54 Å². The Morgan fingerprint density at radius 1 is 1.67 bits per heavy atom. The van der Waals surface area contributed by atoms with Crippen LogP contribution < -0.4 is 0 Å². The Labute approximate surface area is 96.8 Å². The maximum Gasteiger partial charge on any atom is 0.404 e. The van der Waals surface area contributed by atoms with Crippen LogP contribution in [-0.2, 0) is 6.54 Å². The van der Waals surface area contributed by atoms with E-state index in [1.54, 1.807) is 17.9 Å². The molecular weight excluding hydrogens is 284 g/mol. The van der Waals surface area contributed by atoms with E-state index in [1.807, 2.05) is 0 Å². The predicted molar refractivity (Wildman–Crippen MR) is 57.8 cm³/mol. The number of hydrogen-bond donors (Lipinski definition) is 0. The van der Waals surface area contributed by atoms with E-state index in [2.05, 4.69) is 26.0 Å². The molecule has 0 amide bonds. The van der Waals surface area contributed by atoms with Crippen molar-refractivity contribution in [2.75, 3.05) is 0 Å². The van der Waals surface area contributed by atoms with E-state index in [9.17, 15) is 10.1 Å². The minimum Gasteiger partial charge on any atom is -0.358 e. The van der Waals surface area contributed by atoms with Gasteiger partial charge in [0, 0.05) is 11.1 Å². The second kappa shape index (κ2) is 4.07. The fourth-order valence-electron chi connectivity index (χ4n) is 1.07. The van der Waals surface area contributed by atoms with Crippen LogP contribution >= 0.6 is 27.3 Å². The molecule has 2 aromatic rings. The van der Waals surface area contributed by atoms with Crippen molar-refractivity contribution >= 4 is 33.1 Å². The zero-order chi connectivity index (χ0) is 10.8. The highest BCUT2D eigenvalue weighted by molar-refractivity contribution is 9.10. The number of thiazole rings is 1. The summed E-state index contributed by atoms with van der Waals surface area (Å²) in [6, 6.07) is 0. The van der Waals surface area contributed by atoms with E-state index in [0.29, 0.717) is 11.0 Å². The van der Waals surface area contributed by atoms with Crippen molar-refractivity contribution in [3.63, 3.8) is 0 Å². The lowest BCUT2D eigenvalue weighted by Crippen LogP contribution is -1.99. The summed E-state index contributed by atoms with van der Waals surface area (Å²) >= 11 is 4.57. The number of hydrogen-bond acceptors (Lipinski definition) is 5. The lowest BCUT2D eigenvalue weighted by Gasteiger charge is -1.90. The van der Waals surface area contributed by atoms with Gasteiger partial charge in [-0.1, -0.05) is 0 Å². The summed E-state index contributed by atoms with van der Waals surface area (Å²) in [6.07, 6.45) is 3.30. The molecule has 2 rings (SSSR count). The lowest BCUT2D eigenvalue weighted by atomic mass is 10.5. The van der Waals surface area contributed by atoms with Gasteiger partial charge in [0.05, 0.1) is 23.4 Å². The summed E-state index contributed by atoms with van der Waals surface area (Å²) in [6.45, 7) is 0.497. The van der Waals surface area contributed by atoms with Crippen molar-refractivity contribution in [1.29, 1.82) is 0 Å². The molecule has 6 nitrogen and oxygen atoms in total. The minimum atomic E-state index is -0.521. The Morgan fingerprint density at radius 3 is 3.00 bits per heavy atom. The van der Waals surface area contributed by atoms with Gasteiger partial charge in [-0.3, -0.25) is 4.98 Å². The molecular formula is C7H5BrN4O2S. The van der Waals surface area contributed by atoms with Gasteiger partial charge in [-0.05, 0) is 20.9 Å². The summed E-state index contributed by atoms with van der Waals surface area (Å²) in [5.74, 6) is -0.167. The number of halogens is 1. The summed E-state index contributed by atoms with van der Waals surface area (Å²) in [4.78, 5) is 14.9. The standard InChI is InChI=1S/C7H5BrN4O2S/c8-6-3-11(10-7(6)12(13)14)2-5-1-9-4-15-5/h1,3-4H,2H2. The van der Waals surface area contributed by atoms with Gasteiger partial charge < -0.3 is 10.1 Å². The Bertz CT molecular complexity index is 481. The fraction of sp³-hybridized carbons (Fsp3) is 0.143. The summed E-state index contributed by atoms with van der Waals surface area (Å²) in [5, 5.41) is 14.4. The predicted octanol–water partition coefficient (Wildman–Crippen LogP) is 2.06. The van der Waals surface area contributed by atoms with Gasteiger partial charge in [0.15, 0.2) is 0 Å². The molecule has 0 saturated carbocycles. The van der Waals surface area contributed by atoms with Gasteiger partial charge >= 0.3 is 5.82 Å². The van der Waals surface area contributed by atoms with Crippen molar-refractivity contribution in [1.82, 2.24) is 14.8 Å². The molecule has 0 spiro atoms. The quantitative estimate of drug-likeness (QED) is 0.640. The molecule has 8 heteroatoms. The summed E-state index contributed by atoms with van der Waals surface area (Å²) in [5.41, 5.74) is 1.71. The third-order valence-electron chi connectivity index (χ3n) is 1.67. The zero-order valence-corrected chi connectivity index (χ0v) is 9.73. The van der Waals surface area contributed by atoms with Crippen LogP contribution in [-0.4, -0.2) is 19.7 Å². The van der Waals surface area contributed by atoms with Crippen LogP contribution in [0.2, 0.25) is 0 Å². The lowest BCUT2D eigenvalue weighted by molar-refractivity contribution is -0.390. The molecule has 15 heavy (non-hydrogen) atoms. The van der Waals surface area contributed by atoms with Gasteiger partial charge in [0.25, 0.3) is 0 Å². The van der Waals surface area contributed by atoms with Gasteiger partial charge in [-0.2, -0.15) is 4.68 Å². The molecule has 0 aliphatic heterocycles. The van der Waals surface area contributed by atoms with Gasteiger partial charge in [-0.15, -0.1) is 11.3 Å². The van der Waals surface area contributed by atoms with E-state index < -0.39 is 4.92 Å². The van der Waals surface area contributed by atoms with Gasteiger partial charge in [0.1, 0.15) is 4.47 Å². The molecule has 78 valence electrons. The average molecular weight is 289 g/mol. The first kappa shape index (κ1) is 10.2. The fourth-order valence-corrected chi connectivity index (χ4v) is 2.12. The minimum absolute atomic E-state index is 0.167. The summed E-state index contributed by atoms with van der Waals surface area (Å²) in [7, 11) is 0. The molecule has 0 saturated heterocycles. The van der Waals surface area contributed by atoms with E-state index in [4.69, 9.17) is 0 Å². The second-order valence-corrected chi connectivity index (χ2v) is 4.55. The van der Waals surface area contributed by atoms with Crippen LogP contribution in [0.3, 0.4) is 0 Å². The molecule has 0 fully saturated rings. The van der Waals surface area contributed by atoms with Crippen molar-refractivity contribution in [3.8, 4) is 0 Å². The Morgan fingerprint density at radius 2 is 2.47 bits per heavy atom.